The zero-order valence-corrected chi connectivity index (χ0v) is 17.9. The van der Waals surface area contributed by atoms with Crippen LogP contribution in [0.3, 0.4) is 0 Å². The monoisotopic (exact) mass is 419 g/mol. The zero-order valence-electron chi connectivity index (χ0n) is 17.9. The number of hydrogen-bond donors (Lipinski definition) is 1. The van der Waals surface area contributed by atoms with Crippen molar-refractivity contribution in [3.63, 3.8) is 0 Å². The number of azide groups is 1. The number of rotatable bonds is 8. The lowest BCUT2D eigenvalue weighted by Gasteiger charge is -2.23. The number of nitrogens with zero attached hydrogens (tertiary/aromatic N) is 6. The summed E-state index contributed by atoms with van der Waals surface area (Å²) in [5.41, 5.74) is 11.0. The van der Waals surface area contributed by atoms with E-state index in [9.17, 15) is 4.79 Å². The number of aromatic amines is 1. The minimum absolute atomic E-state index is 0.113. The Labute approximate surface area is 181 Å². The maximum atomic E-state index is 12.7. The van der Waals surface area contributed by atoms with E-state index >= 15 is 0 Å². The van der Waals surface area contributed by atoms with Crippen LogP contribution in [0, 0.1) is 0 Å². The van der Waals surface area contributed by atoms with Crippen molar-refractivity contribution in [1.82, 2.24) is 19.5 Å². The van der Waals surface area contributed by atoms with Crippen molar-refractivity contribution in [2.75, 3.05) is 0 Å². The van der Waals surface area contributed by atoms with Crippen LogP contribution in [0.2, 0.25) is 0 Å². The Balaban J connectivity index is 1.64. The van der Waals surface area contributed by atoms with E-state index in [1.807, 2.05) is 29.7 Å². The molecule has 2 atom stereocenters. The average molecular weight is 420 g/mol. The molecule has 162 valence electrons. The maximum absolute atomic E-state index is 12.7. The first-order valence-electron chi connectivity index (χ1n) is 11.2. The molecular weight excluding hydrogens is 390 g/mol. The van der Waals surface area contributed by atoms with Gasteiger partial charge in [-0.25, -0.2) is 9.97 Å². The topological polar surface area (TPSA) is 112 Å². The summed E-state index contributed by atoms with van der Waals surface area (Å²) in [4.78, 5) is 27.9. The van der Waals surface area contributed by atoms with Crippen molar-refractivity contribution < 1.29 is 0 Å². The minimum atomic E-state index is -0.280. The second kappa shape index (κ2) is 9.79. The van der Waals surface area contributed by atoms with E-state index in [1.54, 1.807) is 6.33 Å². The highest BCUT2D eigenvalue weighted by Crippen LogP contribution is 2.31. The van der Waals surface area contributed by atoms with E-state index < -0.39 is 0 Å². The molecule has 2 aromatic heterocycles. The quantitative estimate of drug-likeness (QED) is 0.298. The van der Waals surface area contributed by atoms with Crippen LogP contribution in [0.1, 0.15) is 75.2 Å². The summed E-state index contributed by atoms with van der Waals surface area (Å²) in [6.45, 7) is 1.91. The molecule has 0 aliphatic heterocycles. The van der Waals surface area contributed by atoms with E-state index in [0.29, 0.717) is 17.1 Å². The Kier molecular flexibility index (Phi) is 6.67. The molecule has 8 nitrogen and oxygen atoms in total. The van der Waals surface area contributed by atoms with Gasteiger partial charge in [0.05, 0.1) is 12.4 Å². The third kappa shape index (κ3) is 4.80. The average Bonchev–Trinajstić information content (AvgIpc) is 3.22. The summed E-state index contributed by atoms with van der Waals surface area (Å²) in [6, 6.07) is 9.95. The van der Waals surface area contributed by atoms with E-state index in [1.165, 1.54) is 24.8 Å². The van der Waals surface area contributed by atoms with Crippen molar-refractivity contribution >= 4 is 11.2 Å². The summed E-state index contributed by atoms with van der Waals surface area (Å²) in [5.74, 6) is 1.05. The first-order valence-corrected chi connectivity index (χ1v) is 11.2. The van der Waals surface area contributed by atoms with Gasteiger partial charge >= 0.3 is 0 Å². The second-order valence-corrected chi connectivity index (χ2v) is 8.50. The van der Waals surface area contributed by atoms with Gasteiger partial charge in [0.2, 0.25) is 0 Å². The third-order valence-electron chi connectivity index (χ3n) is 6.40. The normalized spacial score (nSPS) is 16.7. The molecule has 0 amide bonds. The second-order valence-electron chi connectivity index (χ2n) is 8.50. The van der Waals surface area contributed by atoms with Crippen LogP contribution in [0.25, 0.3) is 21.6 Å². The zero-order chi connectivity index (χ0) is 21.6. The lowest BCUT2D eigenvalue weighted by atomic mass is 9.89. The van der Waals surface area contributed by atoms with Crippen LogP contribution >= 0.6 is 0 Å². The molecule has 1 aromatic carbocycles. The number of H-pyrrole nitrogens is 1. The highest BCUT2D eigenvalue weighted by molar-refractivity contribution is 5.69. The molecule has 1 aliphatic rings. The summed E-state index contributed by atoms with van der Waals surface area (Å²) in [7, 11) is 0. The summed E-state index contributed by atoms with van der Waals surface area (Å²) in [6.07, 6.45) is 10.0. The van der Waals surface area contributed by atoms with Crippen molar-refractivity contribution in [1.29, 1.82) is 0 Å². The van der Waals surface area contributed by atoms with Gasteiger partial charge in [0.1, 0.15) is 5.82 Å². The van der Waals surface area contributed by atoms with E-state index in [2.05, 4.69) is 32.1 Å². The van der Waals surface area contributed by atoms with Gasteiger partial charge in [0, 0.05) is 16.9 Å². The molecule has 31 heavy (non-hydrogen) atoms. The molecule has 8 heteroatoms. The van der Waals surface area contributed by atoms with E-state index in [4.69, 9.17) is 10.5 Å². The molecule has 0 radical (unpaired) electrons. The Morgan fingerprint density at radius 2 is 2.03 bits per heavy atom. The minimum Gasteiger partial charge on any atom is -0.312 e. The van der Waals surface area contributed by atoms with Gasteiger partial charge in [-0.05, 0) is 43.2 Å². The van der Waals surface area contributed by atoms with Gasteiger partial charge in [0.25, 0.3) is 5.56 Å². The number of aromatic nitrogens is 4. The van der Waals surface area contributed by atoms with Crippen molar-refractivity contribution in [2.45, 2.75) is 76.3 Å². The third-order valence-corrected chi connectivity index (χ3v) is 6.40. The predicted molar refractivity (Wildman–Crippen MR) is 121 cm³/mol. The van der Waals surface area contributed by atoms with Gasteiger partial charge in [-0.15, -0.1) is 0 Å². The van der Waals surface area contributed by atoms with Gasteiger partial charge in [-0.1, -0.05) is 61.6 Å². The standard InChI is InChI=1S/C23H29N7O/c1-16(28-29-24)19(14-8-11-17-9-4-2-5-10-17)30-15-25-20-22(30)26-21(27-23(20)31)18-12-6-3-7-13-18/h2,4-5,9-10,15-16,18-19H,3,6-8,11-14H2,1H3,(H,26,27,31). The van der Waals surface area contributed by atoms with Crippen molar-refractivity contribution in [3.8, 4) is 0 Å². The molecule has 2 heterocycles. The Hall–Kier alpha value is -3.12. The number of benzene rings is 1. The SMILES string of the molecule is CC(N=[N+]=[N-])C(CCCc1ccccc1)n1cnc2c(=O)[nH]c(C3CCCCC3)nc21. The summed E-state index contributed by atoms with van der Waals surface area (Å²) >= 11 is 0. The smallest absolute Gasteiger partial charge is 0.279 e. The highest BCUT2D eigenvalue weighted by atomic mass is 16.1. The van der Waals surface area contributed by atoms with E-state index in [0.717, 1.165) is 37.9 Å². The Bertz CT molecular complexity index is 1110. The first kappa shape index (κ1) is 21.1. The van der Waals surface area contributed by atoms with Gasteiger partial charge < -0.3 is 9.55 Å². The molecule has 2 unspecified atom stereocenters. The molecule has 1 aliphatic carbocycles. The Morgan fingerprint density at radius 1 is 1.26 bits per heavy atom. The van der Waals surface area contributed by atoms with Gasteiger partial charge in [0.15, 0.2) is 11.2 Å². The summed E-state index contributed by atoms with van der Waals surface area (Å²) in [5, 5.41) is 3.97. The molecular formula is C23H29N7O. The van der Waals surface area contributed by atoms with Crippen molar-refractivity contribution in [3.05, 3.63) is 68.8 Å². The predicted octanol–water partition coefficient (Wildman–Crippen LogP) is 5.43. The fourth-order valence-electron chi connectivity index (χ4n) is 4.69. The molecule has 0 bridgehead atoms. The number of imidazole rings is 1. The molecule has 4 rings (SSSR count). The Morgan fingerprint density at radius 3 is 2.77 bits per heavy atom. The van der Waals surface area contributed by atoms with E-state index in [-0.39, 0.29) is 17.6 Å². The van der Waals surface area contributed by atoms with Gasteiger partial charge in [-0.2, -0.15) is 0 Å². The van der Waals surface area contributed by atoms with Gasteiger partial charge in [-0.3, -0.25) is 4.79 Å². The number of fused-ring (bicyclic) bond motifs is 1. The molecule has 3 aromatic rings. The lowest BCUT2D eigenvalue weighted by molar-refractivity contribution is 0.396. The molecule has 1 N–H and O–H groups in total. The first-order chi connectivity index (χ1) is 15.2. The van der Waals surface area contributed by atoms with Crippen molar-refractivity contribution in [2.24, 2.45) is 5.11 Å². The lowest BCUT2D eigenvalue weighted by Crippen LogP contribution is -2.22. The summed E-state index contributed by atoms with van der Waals surface area (Å²) < 4.78 is 1.95. The van der Waals surface area contributed by atoms with Crippen LogP contribution in [0.5, 0.6) is 0 Å². The number of aryl methyl sites for hydroxylation is 1. The fraction of sp³-hybridized carbons (Fsp3) is 0.522. The number of nitrogens with one attached hydrogen (secondary N) is 1. The van der Waals surface area contributed by atoms with Crippen LogP contribution < -0.4 is 5.56 Å². The van der Waals surface area contributed by atoms with Crippen LogP contribution in [0.15, 0.2) is 46.6 Å². The molecule has 0 saturated heterocycles. The molecule has 1 saturated carbocycles. The maximum Gasteiger partial charge on any atom is 0.279 e. The molecule has 0 spiro atoms. The highest BCUT2D eigenvalue weighted by Gasteiger charge is 2.24. The fourth-order valence-corrected chi connectivity index (χ4v) is 4.69. The van der Waals surface area contributed by atoms with Crippen LogP contribution in [-0.2, 0) is 6.42 Å². The van der Waals surface area contributed by atoms with Crippen LogP contribution in [-0.4, -0.2) is 25.6 Å². The number of hydrogen-bond acceptors (Lipinski definition) is 4. The van der Waals surface area contributed by atoms with Crippen LogP contribution in [0.4, 0.5) is 0 Å². The molecule has 1 fully saturated rings. The largest absolute Gasteiger partial charge is 0.312 e.